The van der Waals surface area contributed by atoms with E-state index in [9.17, 15) is 4.39 Å². The summed E-state index contributed by atoms with van der Waals surface area (Å²) in [6.45, 7) is 0.399. The van der Waals surface area contributed by atoms with Crippen molar-refractivity contribution in [3.63, 3.8) is 0 Å². The number of para-hydroxylation sites is 1. The number of hydrogen-bond donors (Lipinski definition) is 1. The summed E-state index contributed by atoms with van der Waals surface area (Å²) >= 11 is 0. The number of hydrogen-bond acceptors (Lipinski definition) is 3. The van der Waals surface area contributed by atoms with Crippen LogP contribution in [0.1, 0.15) is 11.6 Å². The first kappa shape index (κ1) is 12.5. The fourth-order valence-electron chi connectivity index (χ4n) is 2.00. The van der Waals surface area contributed by atoms with Crippen molar-refractivity contribution >= 4 is 5.69 Å². The molecule has 1 unspecified atom stereocenters. The number of rotatable bonds is 4. The Labute approximate surface area is 106 Å². The zero-order chi connectivity index (χ0) is 13.0. The van der Waals surface area contributed by atoms with E-state index in [-0.39, 0.29) is 11.9 Å². The Bertz CT molecular complexity index is 501. The second-order valence-electron chi connectivity index (χ2n) is 4.10. The maximum atomic E-state index is 13.8. The Balaban J connectivity index is 2.32. The van der Waals surface area contributed by atoms with Gasteiger partial charge in [0.15, 0.2) is 0 Å². The predicted octanol–water partition coefficient (Wildman–Crippen LogP) is 2.36. The van der Waals surface area contributed by atoms with Gasteiger partial charge in [0.1, 0.15) is 5.82 Å². The minimum Gasteiger partial charge on any atom is -0.364 e. The summed E-state index contributed by atoms with van der Waals surface area (Å²) in [5.41, 5.74) is 7.32. The maximum Gasteiger partial charge on any atom is 0.146 e. The Morgan fingerprint density at radius 2 is 2.06 bits per heavy atom. The summed E-state index contributed by atoms with van der Waals surface area (Å²) in [6.07, 6.45) is 3.47. The number of nitrogens with two attached hydrogens (primary N) is 1. The molecule has 0 bridgehead atoms. The Kier molecular flexibility index (Phi) is 3.89. The second-order valence-corrected chi connectivity index (χ2v) is 4.10. The van der Waals surface area contributed by atoms with Crippen LogP contribution < -0.4 is 10.6 Å². The molecule has 0 radical (unpaired) electrons. The fourth-order valence-corrected chi connectivity index (χ4v) is 2.00. The van der Waals surface area contributed by atoms with Crippen molar-refractivity contribution in [2.24, 2.45) is 5.73 Å². The molecule has 0 amide bonds. The topological polar surface area (TPSA) is 42.1 Å². The summed E-state index contributed by atoms with van der Waals surface area (Å²) in [6, 6.07) is 10.4. The molecule has 94 valence electrons. The van der Waals surface area contributed by atoms with Crippen LogP contribution in [0.5, 0.6) is 0 Å². The Hall–Kier alpha value is -1.94. The number of aromatic nitrogens is 1. The average molecular weight is 245 g/mol. The van der Waals surface area contributed by atoms with Gasteiger partial charge in [-0.3, -0.25) is 4.98 Å². The van der Waals surface area contributed by atoms with Gasteiger partial charge in [0, 0.05) is 26.0 Å². The molecule has 2 rings (SSSR count). The lowest BCUT2D eigenvalue weighted by molar-refractivity contribution is 0.602. The van der Waals surface area contributed by atoms with Crippen LogP contribution in [0.2, 0.25) is 0 Å². The third-order valence-electron chi connectivity index (χ3n) is 2.99. The number of pyridine rings is 1. The Morgan fingerprint density at radius 1 is 1.28 bits per heavy atom. The van der Waals surface area contributed by atoms with Gasteiger partial charge in [-0.25, -0.2) is 4.39 Å². The van der Waals surface area contributed by atoms with E-state index in [0.29, 0.717) is 12.2 Å². The molecule has 18 heavy (non-hydrogen) atoms. The highest BCUT2D eigenvalue weighted by Crippen LogP contribution is 2.26. The molecule has 0 spiro atoms. The van der Waals surface area contributed by atoms with E-state index >= 15 is 0 Å². The third kappa shape index (κ3) is 2.49. The van der Waals surface area contributed by atoms with Crippen LogP contribution in [0.3, 0.4) is 0 Å². The van der Waals surface area contributed by atoms with Gasteiger partial charge in [0.2, 0.25) is 0 Å². The van der Waals surface area contributed by atoms with E-state index in [4.69, 9.17) is 5.73 Å². The van der Waals surface area contributed by atoms with Crippen LogP contribution in [-0.2, 0) is 0 Å². The van der Waals surface area contributed by atoms with E-state index in [2.05, 4.69) is 4.98 Å². The van der Waals surface area contributed by atoms with Crippen molar-refractivity contribution in [3.8, 4) is 0 Å². The lowest BCUT2D eigenvalue weighted by atomic mass is 10.1. The summed E-state index contributed by atoms with van der Waals surface area (Å²) in [4.78, 5) is 5.92. The molecular formula is C14H16FN3. The first-order valence-corrected chi connectivity index (χ1v) is 5.81. The fraction of sp³-hybridized carbons (Fsp3) is 0.214. The molecule has 0 saturated carbocycles. The van der Waals surface area contributed by atoms with Gasteiger partial charge in [0.25, 0.3) is 0 Å². The van der Waals surface area contributed by atoms with E-state index in [0.717, 1.165) is 5.56 Å². The van der Waals surface area contributed by atoms with E-state index in [1.54, 1.807) is 24.5 Å². The molecule has 0 saturated heterocycles. The zero-order valence-electron chi connectivity index (χ0n) is 10.3. The van der Waals surface area contributed by atoms with Crippen molar-refractivity contribution in [2.45, 2.75) is 6.04 Å². The number of nitrogens with zero attached hydrogens (tertiary/aromatic N) is 2. The van der Waals surface area contributed by atoms with Gasteiger partial charge < -0.3 is 10.6 Å². The normalized spacial score (nSPS) is 12.2. The van der Waals surface area contributed by atoms with Gasteiger partial charge in [-0.05, 0) is 23.8 Å². The van der Waals surface area contributed by atoms with Crippen molar-refractivity contribution in [1.82, 2.24) is 4.98 Å². The summed E-state index contributed by atoms with van der Waals surface area (Å²) in [7, 11) is 1.84. The minimum absolute atomic E-state index is 0.0874. The molecule has 1 aromatic heterocycles. The van der Waals surface area contributed by atoms with Gasteiger partial charge >= 0.3 is 0 Å². The number of anilines is 1. The lowest BCUT2D eigenvalue weighted by Crippen LogP contribution is -2.31. The average Bonchev–Trinajstić information content (AvgIpc) is 2.41. The van der Waals surface area contributed by atoms with Crippen LogP contribution in [0.15, 0.2) is 48.8 Å². The number of halogens is 1. The van der Waals surface area contributed by atoms with Crippen molar-refractivity contribution in [3.05, 3.63) is 60.2 Å². The smallest absolute Gasteiger partial charge is 0.146 e. The highest BCUT2D eigenvalue weighted by Gasteiger charge is 2.18. The first-order chi connectivity index (χ1) is 8.74. The van der Waals surface area contributed by atoms with Crippen LogP contribution in [-0.4, -0.2) is 18.6 Å². The predicted molar refractivity (Wildman–Crippen MR) is 70.8 cm³/mol. The van der Waals surface area contributed by atoms with Crippen molar-refractivity contribution in [2.75, 3.05) is 18.5 Å². The van der Waals surface area contributed by atoms with E-state index in [1.807, 2.05) is 30.1 Å². The quantitative estimate of drug-likeness (QED) is 0.899. The van der Waals surface area contributed by atoms with Crippen molar-refractivity contribution in [1.29, 1.82) is 0 Å². The molecule has 3 nitrogen and oxygen atoms in total. The summed E-state index contributed by atoms with van der Waals surface area (Å²) in [5, 5.41) is 0. The van der Waals surface area contributed by atoms with Crippen LogP contribution in [0.25, 0.3) is 0 Å². The van der Waals surface area contributed by atoms with Crippen molar-refractivity contribution < 1.29 is 4.39 Å². The first-order valence-electron chi connectivity index (χ1n) is 5.81. The summed E-state index contributed by atoms with van der Waals surface area (Å²) < 4.78 is 13.8. The number of benzene rings is 1. The molecule has 0 aliphatic rings. The number of likely N-dealkylation sites (N-methyl/N-ethyl adjacent to an activating group) is 1. The van der Waals surface area contributed by atoms with Crippen LogP contribution >= 0.6 is 0 Å². The molecular weight excluding hydrogens is 229 g/mol. The lowest BCUT2D eigenvalue weighted by Gasteiger charge is -2.29. The highest BCUT2D eigenvalue weighted by atomic mass is 19.1. The molecule has 1 atom stereocenters. The third-order valence-corrected chi connectivity index (χ3v) is 2.99. The van der Waals surface area contributed by atoms with Gasteiger partial charge in [-0.1, -0.05) is 18.2 Å². The molecule has 1 heterocycles. The van der Waals surface area contributed by atoms with Crippen LogP contribution in [0, 0.1) is 5.82 Å². The van der Waals surface area contributed by atoms with E-state index < -0.39 is 0 Å². The highest BCUT2D eigenvalue weighted by molar-refractivity contribution is 5.49. The largest absolute Gasteiger partial charge is 0.364 e. The molecule has 1 aromatic carbocycles. The maximum absolute atomic E-state index is 13.8. The van der Waals surface area contributed by atoms with Gasteiger partial charge in [-0.15, -0.1) is 0 Å². The molecule has 2 aromatic rings. The Morgan fingerprint density at radius 3 is 2.67 bits per heavy atom. The molecule has 0 aliphatic carbocycles. The summed E-state index contributed by atoms with van der Waals surface area (Å²) in [5.74, 6) is -0.248. The zero-order valence-corrected chi connectivity index (χ0v) is 10.3. The second kappa shape index (κ2) is 5.60. The molecule has 0 aliphatic heterocycles. The van der Waals surface area contributed by atoms with Gasteiger partial charge in [0.05, 0.1) is 11.7 Å². The molecule has 0 fully saturated rings. The van der Waals surface area contributed by atoms with Gasteiger partial charge in [-0.2, -0.15) is 0 Å². The monoisotopic (exact) mass is 245 g/mol. The SMILES string of the molecule is CN(c1ccccc1F)C(CN)c1cccnc1. The standard InChI is InChI=1S/C14H16FN3/c1-18(13-7-3-2-6-12(13)15)14(9-16)11-5-4-8-17-10-11/h2-8,10,14H,9,16H2,1H3. The minimum atomic E-state index is -0.248. The van der Waals surface area contributed by atoms with E-state index in [1.165, 1.54) is 6.07 Å². The van der Waals surface area contributed by atoms with Crippen LogP contribution in [0.4, 0.5) is 10.1 Å². The molecule has 4 heteroatoms. The molecule has 2 N–H and O–H groups in total.